The van der Waals surface area contributed by atoms with Crippen LogP contribution in [0.2, 0.25) is 0 Å². The van der Waals surface area contributed by atoms with Gasteiger partial charge in [-0.15, -0.1) is 0 Å². The number of nitrogens with two attached hydrogens (primary N) is 1. The van der Waals surface area contributed by atoms with Crippen molar-refractivity contribution in [1.82, 2.24) is 0 Å². The van der Waals surface area contributed by atoms with Crippen molar-refractivity contribution in [3.05, 3.63) is 36.0 Å². The Hall–Kier alpha value is -1.19. The Balaban J connectivity index is 3.46. The van der Waals surface area contributed by atoms with E-state index in [4.69, 9.17) is 5.73 Å². The highest BCUT2D eigenvalue weighted by atomic mass is 19.2. The summed E-state index contributed by atoms with van der Waals surface area (Å²) in [6.45, 7) is 2.97. The summed E-state index contributed by atoms with van der Waals surface area (Å²) in [7, 11) is 0. The van der Waals surface area contributed by atoms with E-state index in [1.165, 1.54) is 0 Å². The van der Waals surface area contributed by atoms with Crippen LogP contribution in [0.1, 0.15) is 5.56 Å². The summed E-state index contributed by atoms with van der Waals surface area (Å²) in [6, 6.07) is 0.583. The van der Waals surface area contributed by atoms with Crippen molar-refractivity contribution in [3.63, 3.8) is 0 Å². The maximum Gasteiger partial charge on any atom is 0.165 e. The highest BCUT2D eigenvalue weighted by molar-refractivity contribution is 5.45. The van der Waals surface area contributed by atoms with Crippen molar-refractivity contribution in [1.29, 1.82) is 0 Å². The van der Waals surface area contributed by atoms with Crippen LogP contribution in [0.25, 0.3) is 0 Å². The molecule has 0 aliphatic carbocycles. The molecule has 0 aliphatic heterocycles. The molecule has 0 aromatic heterocycles. The lowest BCUT2D eigenvalue weighted by Crippen LogP contribution is -1.99. The van der Waals surface area contributed by atoms with Crippen LogP contribution in [0.15, 0.2) is 6.07 Å². The van der Waals surface area contributed by atoms with Crippen LogP contribution in [0.3, 0.4) is 0 Å². The smallest absolute Gasteiger partial charge is 0.165 e. The Labute approximate surface area is 61.6 Å². The fraction of sp³-hybridized carbons (Fsp3) is 0. The van der Waals surface area contributed by atoms with E-state index < -0.39 is 28.7 Å². The number of benzene rings is 1. The van der Waals surface area contributed by atoms with E-state index >= 15 is 0 Å². The summed E-state index contributed by atoms with van der Waals surface area (Å²) in [5.41, 5.74) is 3.90. The van der Waals surface area contributed by atoms with E-state index in [2.05, 4.69) is 6.92 Å². The molecule has 1 rings (SSSR count). The van der Waals surface area contributed by atoms with E-state index in [0.29, 0.717) is 6.07 Å². The first-order valence-corrected chi connectivity index (χ1v) is 2.79. The minimum atomic E-state index is -1.29. The minimum absolute atomic E-state index is 0.436. The number of rotatable bonds is 0. The molecule has 1 nitrogen and oxygen atoms in total. The van der Waals surface area contributed by atoms with E-state index in [0.717, 1.165) is 0 Å². The van der Waals surface area contributed by atoms with Crippen LogP contribution in [-0.2, 0) is 0 Å². The van der Waals surface area contributed by atoms with Crippen molar-refractivity contribution in [2.75, 3.05) is 5.73 Å². The normalized spacial score (nSPS) is 10.2. The second-order valence-corrected chi connectivity index (χ2v) is 2.05. The Morgan fingerprint density at radius 3 is 2.27 bits per heavy atom. The SMILES string of the molecule is [CH2]c1c(F)c(N)cc(F)c1F. The van der Waals surface area contributed by atoms with E-state index in [1.54, 1.807) is 0 Å². The van der Waals surface area contributed by atoms with Crippen molar-refractivity contribution in [2.45, 2.75) is 0 Å². The lowest BCUT2D eigenvalue weighted by Gasteiger charge is -2.01. The molecule has 0 atom stereocenters. The first-order chi connectivity index (χ1) is 5.04. The average molecular weight is 160 g/mol. The van der Waals surface area contributed by atoms with Crippen molar-refractivity contribution >= 4 is 5.69 Å². The molecule has 0 heterocycles. The van der Waals surface area contributed by atoms with Gasteiger partial charge < -0.3 is 5.73 Å². The minimum Gasteiger partial charge on any atom is -0.396 e. The second-order valence-electron chi connectivity index (χ2n) is 2.05. The molecule has 59 valence electrons. The van der Waals surface area contributed by atoms with Gasteiger partial charge in [-0.05, 0) is 6.92 Å². The van der Waals surface area contributed by atoms with Gasteiger partial charge in [0.25, 0.3) is 0 Å². The molecule has 0 amide bonds. The summed E-state index contributed by atoms with van der Waals surface area (Å²) >= 11 is 0. The average Bonchev–Trinajstić information content (AvgIpc) is 1.97. The molecule has 0 unspecified atom stereocenters. The van der Waals surface area contributed by atoms with Crippen LogP contribution < -0.4 is 5.73 Å². The van der Waals surface area contributed by atoms with Crippen LogP contribution in [0.4, 0.5) is 18.9 Å². The van der Waals surface area contributed by atoms with Gasteiger partial charge in [0.05, 0.1) is 5.69 Å². The molecule has 11 heavy (non-hydrogen) atoms. The molecular weight excluding hydrogens is 155 g/mol. The van der Waals surface area contributed by atoms with Crippen molar-refractivity contribution in [3.8, 4) is 0 Å². The van der Waals surface area contributed by atoms with E-state index in [-0.39, 0.29) is 0 Å². The number of hydrogen-bond acceptors (Lipinski definition) is 1. The van der Waals surface area contributed by atoms with Gasteiger partial charge in [-0.1, -0.05) is 0 Å². The standard InChI is InChI=1S/C7H5F3N/c1-3-6(9)4(8)2-5(11)7(3)10/h2H,1,11H2. The van der Waals surface area contributed by atoms with Crippen molar-refractivity contribution < 1.29 is 13.2 Å². The lowest BCUT2D eigenvalue weighted by molar-refractivity contribution is 0.492. The molecule has 2 N–H and O–H groups in total. The van der Waals surface area contributed by atoms with Gasteiger partial charge in [0.15, 0.2) is 17.5 Å². The molecule has 4 heteroatoms. The zero-order chi connectivity index (χ0) is 8.59. The Morgan fingerprint density at radius 2 is 1.73 bits per heavy atom. The monoisotopic (exact) mass is 160 g/mol. The van der Waals surface area contributed by atoms with Gasteiger partial charge in [0.1, 0.15) is 0 Å². The Morgan fingerprint density at radius 1 is 1.18 bits per heavy atom. The van der Waals surface area contributed by atoms with Gasteiger partial charge >= 0.3 is 0 Å². The van der Waals surface area contributed by atoms with Crippen molar-refractivity contribution in [2.24, 2.45) is 0 Å². The fourth-order valence-electron chi connectivity index (χ4n) is 0.678. The maximum absolute atomic E-state index is 12.6. The predicted molar refractivity (Wildman–Crippen MR) is 35.2 cm³/mol. The molecule has 0 saturated heterocycles. The summed E-state index contributed by atoms with van der Waals surface area (Å²) in [4.78, 5) is 0. The van der Waals surface area contributed by atoms with Gasteiger partial charge in [-0.25, -0.2) is 13.2 Å². The summed E-state index contributed by atoms with van der Waals surface area (Å²) < 4.78 is 37.4. The Bertz CT molecular complexity index is 270. The molecule has 1 aromatic carbocycles. The molecular formula is C7H5F3N. The topological polar surface area (TPSA) is 26.0 Å². The molecule has 1 radical (unpaired) electrons. The quantitative estimate of drug-likeness (QED) is 0.455. The molecule has 1 aromatic rings. The van der Waals surface area contributed by atoms with E-state index in [9.17, 15) is 13.2 Å². The van der Waals surface area contributed by atoms with Gasteiger partial charge in [0, 0.05) is 11.6 Å². The summed E-state index contributed by atoms with van der Waals surface area (Å²) in [6.07, 6.45) is 0. The number of anilines is 1. The molecule has 0 saturated carbocycles. The highest BCUT2D eigenvalue weighted by Crippen LogP contribution is 2.20. The number of hydrogen-bond donors (Lipinski definition) is 1. The first kappa shape index (κ1) is 7.91. The molecule has 0 aliphatic rings. The number of nitrogen functional groups attached to an aromatic ring is 1. The fourth-order valence-corrected chi connectivity index (χ4v) is 0.678. The highest BCUT2D eigenvalue weighted by Gasteiger charge is 2.12. The molecule has 0 spiro atoms. The predicted octanol–water partition coefficient (Wildman–Crippen LogP) is 1.87. The third-order valence-electron chi connectivity index (χ3n) is 1.28. The van der Waals surface area contributed by atoms with Gasteiger partial charge in [-0.2, -0.15) is 0 Å². The van der Waals surface area contributed by atoms with Crippen LogP contribution in [0, 0.1) is 24.4 Å². The third-order valence-corrected chi connectivity index (χ3v) is 1.28. The molecule has 0 fully saturated rings. The second kappa shape index (κ2) is 2.45. The zero-order valence-corrected chi connectivity index (χ0v) is 5.50. The number of halogens is 3. The lowest BCUT2D eigenvalue weighted by atomic mass is 10.2. The van der Waals surface area contributed by atoms with E-state index in [1.807, 2.05) is 0 Å². The largest absolute Gasteiger partial charge is 0.396 e. The summed E-state index contributed by atoms with van der Waals surface area (Å²) in [5.74, 6) is -3.49. The maximum atomic E-state index is 12.6. The van der Waals surface area contributed by atoms with Crippen LogP contribution in [-0.4, -0.2) is 0 Å². The van der Waals surface area contributed by atoms with Gasteiger partial charge in [-0.3, -0.25) is 0 Å². The van der Waals surface area contributed by atoms with Gasteiger partial charge in [0.2, 0.25) is 0 Å². The zero-order valence-electron chi connectivity index (χ0n) is 5.50. The van der Waals surface area contributed by atoms with Crippen LogP contribution >= 0.6 is 0 Å². The summed E-state index contributed by atoms with van der Waals surface area (Å²) in [5, 5.41) is 0. The van der Waals surface area contributed by atoms with Crippen LogP contribution in [0.5, 0.6) is 0 Å². The first-order valence-electron chi connectivity index (χ1n) is 2.79. The Kier molecular flexibility index (Phi) is 1.76. The third kappa shape index (κ3) is 1.15. The molecule has 0 bridgehead atoms.